The average molecular weight is 309 g/mol. The van der Waals surface area contributed by atoms with Crippen molar-refractivity contribution < 1.29 is 9.84 Å². The van der Waals surface area contributed by atoms with E-state index in [1.807, 2.05) is 22.2 Å². The number of rotatable bonds is 4. The quantitative estimate of drug-likeness (QED) is 0.799. The van der Waals surface area contributed by atoms with E-state index < -0.39 is 6.10 Å². The lowest BCUT2D eigenvalue weighted by atomic mass is 10.1. The molecule has 6 heteroatoms. The van der Waals surface area contributed by atoms with Crippen molar-refractivity contribution in [2.24, 2.45) is 0 Å². The van der Waals surface area contributed by atoms with Crippen LogP contribution in [0.15, 0.2) is 36.0 Å². The summed E-state index contributed by atoms with van der Waals surface area (Å²) in [6, 6.07) is 5.23. The third-order valence-electron chi connectivity index (χ3n) is 2.94. The number of nitrogens with zero attached hydrogens (tertiary/aromatic N) is 2. The van der Waals surface area contributed by atoms with Gasteiger partial charge in [0.15, 0.2) is 4.96 Å². The molecule has 20 heavy (non-hydrogen) atoms. The molecule has 4 nitrogen and oxygen atoms in total. The van der Waals surface area contributed by atoms with Crippen molar-refractivity contribution in [2.45, 2.75) is 19.6 Å². The standard InChI is InChI=1S/C14H13ClN2O2S/c1-9(18)12-6-10(15)2-3-13(12)19-8-11-7-17-4-5-20-14(17)16-11/h2-7,9,18H,8H2,1H3/t9-/m0/s1. The van der Waals surface area contributed by atoms with E-state index in [2.05, 4.69) is 4.98 Å². The van der Waals surface area contributed by atoms with Crippen molar-refractivity contribution in [2.75, 3.05) is 0 Å². The maximum absolute atomic E-state index is 9.75. The number of thiazole rings is 1. The highest BCUT2D eigenvalue weighted by atomic mass is 35.5. The van der Waals surface area contributed by atoms with Gasteiger partial charge in [-0.2, -0.15) is 0 Å². The van der Waals surface area contributed by atoms with Crippen molar-refractivity contribution in [1.82, 2.24) is 9.38 Å². The van der Waals surface area contributed by atoms with Crippen LogP contribution in [-0.2, 0) is 6.61 Å². The fraction of sp³-hybridized carbons (Fsp3) is 0.214. The largest absolute Gasteiger partial charge is 0.487 e. The third kappa shape index (κ3) is 2.65. The Hall–Kier alpha value is -1.56. The zero-order valence-corrected chi connectivity index (χ0v) is 12.4. The van der Waals surface area contributed by atoms with Gasteiger partial charge in [0.05, 0.1) is 11.8 Å². The van der Waals surface area contributed by atoms with Crippen molar-refractivity contribution in [1.29, 1.82) is 0 Å². The number of hydrogen-bond donors (Lipinski definition) is 1. The Labute approximate surface area is 125 Å². The topological polar surface area (TPSA) is 46.8 Å². The highest BCUT2D eigenvalue weighted by molar-refractivity contribution is 7.15. The van der Waals surface area contributed by atoms with Gasteiger partial charge in [0.2, 0.25) is 0 Å². The molecule has 2 heterocycles. The molecule has 104 valence electrons. The number of halogens is 1. The smallest absolute Gasteiger partial charge is 0.193 e. The van der Waals surface area contributed by atoms with Crippen LogP contribution in [0.3, 0.4) is 0 Å². The molecule has 0 amide bonds. The summed E-state index contributed by atoms with van der Waals surface area (Å²) in [6.45, 7) is 2.04. The first kappa shape index (κ1) is 13.4. The highest BCUT2D eigenvalue weighted by Gasteiger charge is 2.11. The van der Waals surface area contributed by atoms with Crippen molar-refractivity contribution in [3.8, 4) is 5.75 Å². The summed E-state index contributed by atoms with van der Waals surface area (Å²) in [6.07, 6.45) is 3.26. The number of hydrogen-bond acceptors (Lipinski definition) is 4. The second-order valence-corrected chi connectivity index (χ2v) is 5.78. The molecule has 2 aromatic heterocycles. The monoisotopic (exact) mass is 308 g/mol. The Kier molecular flexibility index (Phi) is 3.65. The molecule has 0 unspecified atom stereocenters. The Balaban J connectivity index is 1.79. The third-order valence-corrected chi connectivity index (χ3v) is 3.95. The lowest BCUT2D eigenvalue weighted by molar-refractivity contribution is 0.190. The van der Waals surface area contributed by atoms with E-state index in [4.69, 9.17) is 16.3 Å². The SMILES string of the molecule is C[C@H](O)c1cc(Cl)ccc1OCc1cn2ccsc2n1. The molecule has 0 saturated carbocycles. The fourth-order valence-electron chi connectivity index (χ4n) is 1.97. The number of aromatic nitrogens is 2. The summed E-state index contributed by atoms with van der Waals surface area (Å²) in [4.78, 5) is 5.39. The first-order valence-electron chi connectivity index (χ1n) is 6.15. The number of aliphatic hydroxyl groups excluding tert-OH is 1. The van der Waals surface area contributed by atoms with Crippen LogP contribution in [0.5, 0.6) is 5.75 Å². The van der Waals surface area contributed by atoms with Crippen LogP contribution in [0, 0.1) is 0 Å². The maximum atomic E-state index is 9.75. The number of imidazole rings is 1. The fourth-order valence-corrected chi connectivity index (χ4v) is 2.87. The zero-order valence-electron chi connectivity index (χ0n) is 10.8. The molecule has 1 atom stereocenters. The maximum Gasteiger partial charge on any atom is 0.193 e. The van der Waals surface area contributed by atoms with Gasteiger partial charge in [0.25, 0.3) is 0 Å². The van der Waals surface area contributed by atoms with E-state index >= 15 is 0 Å². The molecular weight excluding hydrogens is 296 g/mol. The minimum Gasteiger partial charge on any atom is -0.487 e. The van der Waals surface area contributed by atoms with E-state index in [0.29, 0.717) is 22.9 Å². The van der Waals surface area contributed by atoms with Gasteiger partial charge in [-0.25, -0.2) is 4.98 Å². The minimum atomic E-state index is -0.630. The van der Waals surface area contributed by atoms with Crippen molar-refractivity contribution >= 4 is 27.9 Å². The molecule has 0 fully saturated rings. The molecule has 0 bridgehead atoms. The van der Waals surface area contributed by atoms with E-state index in [9.17, 15) is 5.11 Å². The summed E-state index contributed by atoms with van der Waals surface area (Å²) in [7, 11) is 0. The molecule has 3 aromatic rings. The van der Waals surface area contributed by atoms with E-state index in [1.54, 1.807) is 36.5 Å². The van der Waals surface area contributed by atoms with Crippen LogP contribution < -0.4 is 4.74 Å². The number of aliphatic hydroxyl groups is 1. The van der Waals surface area contributed by atoms with E-state index in [1.165, 1.54) is 0 Å². The van der Waals surface area contributed by atoms with Gasteiger partial charge in [0.1, 0.15) is 12.4 Å². The molecule has 0 radical (unpaired) electrons. The normalized spacial score (nSPS) is 12.8. The number of fused-ring (bicyclic) bond motifs is 1. The molecule has 0 aliphatic rings. The van der Waals surface area contributed by atoms with Gasteiger partial charge in [-0.3, -0.25) is 4.40 Å². The summed E-state index contributed by atoms with van der Waals surface area (Å²) < 4.78 is 7.71. The summed E-state index contributed by atoms with van der Waals surface area (Å²) >= 11 is 7.51. The van der Waals surface area contributed by atoms with Crippen LogP contribution >= 0.6 is 22.9 Å². The van der Waals surface area contributed by atoms with Crippen LogP contribution in [0.4, 0.5) is 0 Å². The molecule has 0 saturated heterocycles. The second kappa shape index (κ2) is 5.44. The summed E-state index contributed by atoms with van der Waals surface area (Å²) in [5, 5.41) is 12.3. The van der Waals surface area contributed by atoms with Crippen molar-refractivity contribution in [3.05, 3.63) is 52.3 Å². The van der Waals surface area contributed by atoms with Gasteiger partial charge in [-0.15, -0.1) is 11.3 Å². The molecule has 0 spiro atoms. The zero-order chi connectivity index (χ0) is 14.1. The van der Waals surface area contributed by atoms with Gasteiger partial charge in [-0.05, 0) is 25.1 Å². The Morgan fingerprint density at radius 3 is 3.10 bits per heavy atom. The predicted molar refractivity (Wildman–Crippen MR) is 79.5 cm³/mol. The molecule has 1 N–H and O–H groups in total. The molecule has 0 aliphatic heterocycles. The van der Waals surface area contributed by atoms with Crippen LogP contribution in [0.2, 0.25) is 5.02 Å². The molecule has 0 aliphatic carbocycles. The van der Waals surface area contributed by atoms with Gasteiger partial charge in [-0.1, -0.05) is 11.6 Å². The molecular formula is C14H13ClN2O2S. The summed E-state index contributed by atoms with van der Waals surface area (Å²) in [5.74, 6) is 0.626. The Morgan fingerprint density at radius 2 is 2.35 bits per heavy atom. The van der Waals surface area contributed by atoms with Gasteiger partial charge < -0.3 is 9.84 Å². The molecule has 3 rings (SSSR count). The summed E-state index contributed by atoms with van der Waals surface area (Å²) in [5.41, 5.74) is 1.53. The van der Waals surface area contributed by atoms with Crippen LogP contribution in [-0.4, -0.2) is 14.5 Å². The number of benzene rings is 1. The Morgan fingerprint density at radius 1 is 1.50 bits per heavy atom. The Bertz CT molecular complexity index is 707. The second-order valence-electron chi connectivity index (χ2n) is 4.47. The van der Waals surface area contributed by atoms with Gasteiger partial charge in [0, 0.05) is 28.4 Å². The lowest BCUT2D eigenvalue weighted by Crippen LogP contribution is -2.01. The van der Waals surface area contributed by atoms with Crippen LogP contribution in [0.1, 0.15) is 24.3 Å². The lowest BCUT2D eigenvalue weighted by Gasteiger charge is -2.13. The van der Waals surface area contributed by atoms with E-state index in [-0.39, 0.29) is 0 Å². The van der Waals surface area contributed by atoms with Crippen molar-refractivity contribution in [3.63, 3.8) is 0 Å². The average Bonchev–Trinajstić information content (AvgIpc) is 2.97. The van der Waals surface area contributed by atoms with Crippen LogP contribution in [0.25, 0.3) is 4.96 Å². The number of ether oxygens (including phenoxy) is 1. The minimum absolute atomic E-state index is 0.357. The highest BCUT2D eigenvalue weighted by Crippen LogP contribution is 2.29. The first-order valence-corrected chi connectivity index (χ1v) is 7.40. The first-order chi connectivity index (χ1) is 9.63. The van der Waals surface area contributed by atoms with Gasteiger partial charge >= 0.3 is 0 Å². The van der Waals surface area contributed by atoms with E-state index in [0.717, 1.165) is 10.7 Å². The molecule has 1 aromatic carbocycles. The predicted octanol–water partition coefficient (Wildman–Crippen LogP) is 3.68.